The van der Waals surface area contributed by atoms with E-state index in [9.17, 15) is 9.59 Å². The van der Waals surface area contributed by atoms with E-state index in [1.54, 1.807) is 19.4 Å². The summed E-state index contributed by atoms with van der Waals surface area (Å²) in [5.74, 6) is 1.05. The quantitative estimate of drug-likeness (QED) is 0.614. The van der Waals surface area contributed by atoms with Crippen LogP contribution >= 0.6 is 0 Å². The number of benzene rings is 1. The molecule has 2 N–H and O–H groups in total. The second-order valence-corrected chi connectivity index (χ2v) is 9.09. The number of nitrogens with one attached hydrogen (secondary N) is 2. The number of amides is 1. The molecule has 1 aliphatic heterocycles. The second-order valence-electron chi connectivity index (χ2n) is 9.09. The standard InChI is InChI=1S/C26H29N3O4/c1-15-10-16(2)29-25(31)21(15)14-28-24(30)19-11-17-8-9-26(3,4)33-23(17)20(12-19)18-6-7-22(32-5)27-13-18/h6-7,10-13H,8-9,14H2,1-5H3,(H,28,30)(H,29,31). The third kappa shape index (κ3) is 4.77. The molecule has 172 valence electrons. The minimum absolute atomic E-state index is 0.153. The Bertz CT molecular complexity index is 1260. The van der Waals surface area contributed by atoms with E-state index in [0.717, 1.165) is 46.5 Å². The number of hydrogen-bond acceptors (Lipinski definition) is 5. The fraction of sp³-hybridized carbons (Fsp3) is 0.346. The summed E-state index contributed by atoms with van der Waals surface area (Å²) < 4.78 is 11.5. The lowest BCUT2D eigenvalue weighted by Crippen LogP contribution is -2.33. The largest absolute Gasteiger partial charge is 0.487 e. The van der Waals surface area contributed by atoms with Crippen molar-refractivity contribution < 1.29 is 14.3 Å². The van der Waals surface area contributed by atoms with Gasteiger partial charge in [-0.1, -0.05) is 0 Å². The van der Waals surface area contributed by atoms with Gasteiger partial charge in [0.15, 0.2) is 0 Å². The van der Waals surface area contributed by atoms with E-state index in [1.165, 1.54) is 0 Å². The van der Waals surface area contributed by atoms with Crippen molar-refractivity contribution >= 4 is 5.91 Å². The highest BCUT2D eigenvalue weighted by Gasteiger charge is 2.30. The first-order valence-electron chi connectivity index (χ1n) is 11.0. The van der Waals surface area contributed by atoms with Crippen molar-refractivity contribution in [2.75, 3.05) is 7.11 Å². The molecule has 0 saturated carbocycles. The van der Waals surface area contributed by atoms with Crippen molar-refractivity contribution in [3.8, 4) is 22.8 Å². The van der Waals surface area contributed by atoms with Crippen LogP contribution in [0.1, 0.15) is 53.0 Å². The van der Waals surface area contributed by atoms with Crippen molar-refractivity contribution in [3.05, 3.63) is 74.8 Å². The van der Waals surface area contributed by atoms with Gasteiger partial charge in [0.2, 0.25) is 5.88 Å². The van der Waals surface area contributed by atoms with Gasteiger partial charge in [-0.05, 0) is 75.9 Å². The van der Waals surface area contributed by atoms with E-state index >= 15 is 0 Å². The van der Waals surface area contributed by atoms with E-state index in [0.29, 0.717) is 17.0 Å². The molecule has 3 heterocycles. The highest BCUT2D eigenvalue weighted by molar-refractivity contribution is 5.96. The van der Waals surface area contributed by atoms with Gasteiger partial charge in [-0.3, -0.25) is 9.59 Å². The zero-order valence-electron chi connectivity index (χ0n) is 19.7. The molecule has 3 aromatic rings. The van der Waals surface area contributed by atoms with Gasteiger partial charge in [-0.2, -0.15) is 0 Å². The zero-order chi connectivity index (χ0) is 23.8. The number of aryl methyl sites for hydroxylation is 3. The fourth-order valence-corrected chi connectivity index (χ4v) is 4.14. The third-order valence-corrected chi connectivity index (χ3v) is 5.98. The van der Waals surface area contributed by atoms with Crippen LogP contribution in [0.15, 0.2) is 41.3 Å². The molecule has 1 amide bonds. The molecular weight excluding hydrogens is 418 g/mol. The Kier molecular flexibility index (Phi) is 5.97. The number of carbonyl (C=O) groups is 1. The van der Waals surface area contributed by atoms with Gasteiger partial charge in [-0.25, -0.2) is 4.98 Å². The Morgan fingerprint density at radius 2 is 2.03 bits per heavy atom. The Morgan fingerprint density at radius 1 is 1.24 bits per heavy atom. The Morgan fingerprint density at radius 3 is 2.70 bits per heavy atom. The lowest BCUT2D eigenvalue weighted by atomic mass is 9.89. The highest BCUT2D eigenvalue weighted by atomic mass is 16.5. The molecule has 0 atom stereocenters. The topological polar surface area (TPSA) is 93.3 Å². The summed E-state index contributed by atoms with van der Waals surface area (Å²) >= 11 is 0. The first kappa shape index (κ1) is 22.6. The molecule has 0 spiro atoms. The average molecular weight is 448 g/mol. The van der Waals surface area contributed by atoms with Crippen molar-refractivity contribution in [2.45, 2.75) is 52.7 Å². The van der Waals surface area contributed by atoms with Crippen LogP contribution in [0.4, 0.5) is 0 Å². The van der Waals surface area contributed by atoms with Crippen molar-refractivity contribution in [2.24, 2.45) is 0 Å². The van der Waals surface area contributed by atoms with Crippen LogP contribution in [0.25, 0.3) is 11.1 Å². The van der Waals surface area contributed by atoms with Crippen LogP contribution in [0.5, 0.6) is 11.6 Å². The maximum atomic E-state index is 13.1. The number of fused-ring (bicyclic) bond motifs is 1. The van der Waals surface area contributed by atoms with Gasteiger partial charge in [-0.15, -0.1) is 0 Å². The summed E-state index contributed by atoms with van der Waals surface area (Å²) in [5.41, 5.74) is 4.87. The minimum atomic E-state index is -0.296. The molecule has 0 unspecified atom stereocenters. The SMILES string of the molecule is COc1ccc(-c2cc(C(=O)NCc3c(C)cc(C)[nH]c3=O)cc3c2OC(C)(C)CC3)cn1. The number of ether oxygens (including phenoxy) is 2. The van der Waals surface area contributed by atoms with Gasteiger partial charge in [0.25, 0.3) is 11.5 Å². The maximum absolute atomic E-state index is 13.1. The number of pyridine rings is 2. The van der Waals surface area contributed by atoms with Crippen LogP contribution in [0.2, 0.25) is 0 Å². The first-order chi connectivity index (χ1) is 15.7. The predicted octanol–water partition coefficient (Wildman–Crippen LogP) is 4.10. The van der Waals surface area contributed by atoms with Crippen LogP contribution in [-0.4, -0.2) is 28.6 Å². The number of rotatable bonds is 5. The summed E-state index contributed by atoms with van der Waals surface area (Å²) in [4.78, 5) is 32.5. The van der Waals surface area contributed by atoms with E-state index in [1.807, 2.05) is 38.1 Å². The van der Waals surface area contributed by atoms with Crippen LogP contribution < -0.4 is 20.3 Å². The lowest BCUT2D eigenvalue weighted by Gasteiger charge is -2.34. The minimum Gasteiger partial charge on any atom is -0.487 e. The van der Waals surface area contributed by atoms with Gasteiger partial charge >= 0.3 is 0 Å². The number of H-pyrrole nitrogens is 1. The van der Waals surface area contributed by atoms with Gasteiger partial charge in [0, 0.05) is 46.8 Å². The maximum Gasteiger partial charge on any atom is 0.253 e. The van der Waals surface area contributed by atoms with Gasteiger partial charge in [0.1, 0.15) is 11.4 Å². The number of aromatic nitrogens is 2. The molecule has 0 aliphatic carbocycles. The molecule has 4 rings (SSSR count). The lowest BCUT2D eigenvalue weighted by molar-refractivity contribution is 0.0853. The van der Waals surface area contributed by atoms with Crippen LogP contribution in [-0.2, 0) is 13.0 Å². The number of methoxy groups -OCH3 is 1. The number of nitrogens with zero attached hydrogens (tertiary/aromatic N) is 1. The smallest absolute Gasteiger partial charge is 0.253 e. The molecule has 2 aromatic heterocycles. The Balaban J connectivity index is 1.69. The van der Waals surface area contributed by atoms with Crippen molar-refractivity contribution in [1.82, 2.24) is 15.3 Å². The molecule has 0 saturated heterocycles. The summed E-state index contributed by atoms with van der Waals surface area (Å²) in [5, 5.41) is 2.90. The second kappa shape index (κ2) is 8.73. The summed E-state index contributed by atoms with van der Waals surface area (Å²) in [7, 11) is 1.57. The number of hydrogen-bond donors (Lipinski definition) is 2. The monoisotopic (exact) mass is 447 g/mol. The molecule has 0 bridgehead atoms. The summed E-state index contributed by atoms with van der Waals surface area (Å²) in [6.07, 6.45) is 3.37. The van der Waals surface area contributed by atoms with E-state index in [-0.39, 0.29) is 23.6 Å². The molecule has 0 radical (unpaired) electrons. The Hall–Kier alpha value is -3.61. The predicted molar refractivity (Wildman–Crippen MR) is 127 cm³/mol. The van der Waals surface area contributed by atoms with Crippen molar-refractivity contribution in [1.29, 1.82) is 0 Å². The van der Waals surface area contributed by atoms with Crippen LogP contribution in [0.3, 0.4) is 0 Å². The van der Waals surface area contributed by atoms with E-state index in [2.05, 4.69) is 29.1 Å². The normalized spacial score (nSPS) is 14.2. The summed E-state index contributed by atoms with van der Waals surface area (Å²) in [6, 6.07) is 9.30. The molecule has 1 aromatic carbocycles. The van der Waals surface area contributed by atoms with Gasteiger partial charge in [0.05, 0.1) is 7.11 Å². The first-order valence-corrected chi connectivity index (χ1v) is 11.0. The third-order valence-electron chi connectivity index (χ3n) is 5.98. The zero-order valence-corrected chi connectivity index (χ0v) is 19.7. The van der Waals surface area contributed by atoms with E-state index < -0.39 is 0 Å². The molecular formula is C26H29N3O4. The Labute approximate surface area is 193 Å². The molecule has 7 heteroatoms. The molecule has 0 fully saturated rings. The summed E-state index contributed by atoms with van der Waals surface area (Å²) in [6.45, 7) is 7.99. The van der Waals surface area contributed by atoms with E-state index in [4.69, 9.17) is 9.47 Å². The number of carbonyl (C=O) groups excluding carboxylic acids is 1. The highest BCUT2D eigenvalue weighted by Crippen LogP contribution is 2.41. The van der Waals surface area contributed by atoms with Gasteiger partial charge < -0.3 is 19.8 Å². The van der Waals surface area contributed by atoms with Crippen molar-refractivity contribution in [3.63, 3.8) is 0 Å². The molecule has 1 aliphatic rings. The molecule has 33 heavy (non-hydrogen) atoms. The molecule has 7 nitrogen and oxygen atoms in total. The number of aromatic amines is 1. The fourth-order valence-electron chi connectivity index (χ4n) is 4.14. The van der Waals surface area contributed by atoms with Crippen LogP contribution in [0, 0.1) is 13.8 Å². The average Bonchev–Trinajstić information content (AvgIpc) is 2.77.